The van der Waals surface area contributed by atoms with E-state index in [9.17, 15) is 68.1 Å². The number of aromatic nitrogens is 4. The molecular weight excluding hydrogens is 894 g/mol. The van der Waals surface area contributed by atoms with Gasteiger partial charge in [-0.1, -0.05) is 0 Å². The Morgan fingerprint density at radius 1 is 0.701 bits per heavy atom. The van der Waals surface area contributed by atoms with Gasteiger partial charge in [0.25, 0.3) is 11.5 Å². The van der Waals surface area contributed by atoms with E-state index in [1.807, 2.05) is 5.32 Å². The molecule has 3 rings (SSSR count). The number of nitrogens with one attached hydrogen (secondary N) is 9. The summed E-state index contributed by atoms with van der Waals surface area (Å²) < 4.78 is 0. The van der Waals surface area contributed by atoms with Crippen LogP contribution in [0.5, 0.6) is 0 Å². The lowest BCUT2D eigenvalue weighted by Crippen LogP contribution is -2.58. The van der Waals surface area contributed by atoms with Gasteiger partial charge in [-0.3, -0.25) is 58.3 Å². The van der Waals surface area contributed by atoms with Crippen LogP contribution in [-0.2, 0) is 49.7 Å². The van der Waals surface area contributed by atoms with Gasteiger partial charge in [-0.05, 0) is 43.5 Å². The average molecular weight is 942 g/mol. The first kappa shape index (κ1) is 52.4. The summed E-state index contributed by atoms with van der Waals surface area (Å²) in [5, 5.41) is 61.1. The summed E-state index contributed by atoms with van der Waals surface area (Å²) in [7, 11) is 0. The predicted octanol–water partition coefficient (Wildman–Crippen LogP) is -5.02. The molecule has 0 radical (unpaired) electrons. The number of rotatable bonds is 27. The van der Waals surface area contributed by atoms with E-state index in [1.165, 1.54) is 30.5 Å². The topological polar surface area (TPSA) is 509 Å². The zero-order chi connectivity index (χ0) is 50.0. The first-order valence-corrected chi connectivity index (χ1v) is 19.6. The molecule has 0 saturated heterocycles. The van der Waals surface area contributed by atoms with Crippen LogP contribution in [0.25, 0.3) is 11.2 Å². The molecule has 67 heavy (non-hydrogen) atoms. The van der Waals surface area contributed by atoms with E-state index in [0.717, 1.165) is 0 Å². The van der Waals surface area contributed by atoms with Gasteiger partial charge in [-0.25, -0.2) is 14.8 Å². The van der Waals surface area contributed by atoms with Crippen molar-refractivity contribution in [3.63, 3.8) is 0 Å². The molecular formula is C37H47N15O15. The number of aliphatic carboxylic acids is 4. The van der Waals surface area contributed by atoms with E-state index >= 15 is 0 Å². The fourth-order valence-corrected chi connectivity index (χ4v) is 5.81. The standard InChI is InChI=1S/C37H47N15O15/c38-28(60)20(10-24(54)55)49-33(64)22(12-26(58)59)50-31(62)18(2-1-9-42-36(39)40)47-32(63)21(11-25(56)57)46-23(53)8-7-19(35(66)67)48-30(61)15-3-5-16(6-4-15)43-13-17-14-44-29-27(45-17)34(65)52-37(41)51-29/h3-6,14,18-22,43H,1-2,7-13H2,(H2,38,60)(H,46,53)(H,47,63)(H,48,61)(H,49,64)(H,50,62)(H,54,55)(H,56,57)(H,58,59)(H,66,67)(H4,39,40,42)(H3,41,44,51,52,65)/t18-,19-,20-,21-,22-/m1/s1. The second-order valence-corrected chi connectivity index (χ2v) is 14.3. The number of H-pyrrole nitrogens is 1. The van der Waals surface area contributed by atoms with E-state index in [4.69, 9.17) is 27.7 Å². The molecule has 19 N–H and O–H groups in total. The number of nitrogens with two attached hydrogens (primary N) is 3. The smallest absolute Gasteiger partial charge is 0.326 e. The van der Waals surface area contributed by atoms with Gasteiger partial charge in [0, 0.05) is 24.2 Å². The molecule has 360 valence electrons. The molecule has 0 aliphatic rings. The minimum atomic E-state index is -1.99. The number of amides is 6. The fraction of sp³-hybridized carbons (Fsp3) is 0.378. The number of guanidine groups is 1. The molecule has 5 atom stereocenters. The third kappa shape index (κ3) is 17.6. The third-order valence-corrected chi connectivity index (χ3v) is 9.07. The van der Waals surface area contributed by atoms with Crippen LogP contribution in [0.4, 0.5) is 11.6 Å². The average Bonchev–Trinajstić information content (AvgIpc) is 3.23. The molecule has 6 amide bonds. The molecule has 1 aromatic carbocycles. The van der Waals surface area contributed by atoms with Crippen molar-refractivity contribution in [1.29, 1.82) is 5.41 Å². The molecule has 2 heterocycles. The minimum Gasteiger partial charge on any atom is -0.481 e. The lowest BCUT2D eigenvalue weighted by Gasteiger charge is -2.25. The van der Waals surface area contributed by atoms with Crippen LogP contribution in [0.2, 0.25) is 0 Å². The Balaban J connectivity index is 1.67. The van der Waals surface area contributed by atoms with Crippen molar-refractivity contribution in [3.8, 4) is 0 Å². The molecule has 0 bridgehead atoms. The summed E-state index contributed by atoms with van der Waals surface area (Å²) in [6, 6.07) is -3.40. The van der Waals surface area contributed by atoms with Crippen molar-refractivity contribution in [2.45, 2.75) is 81.7 Å². The molecule has 3 aromatic rings. The Morgan fingerprint density at radius 3 is 1.82 bits per heavy atom. The van der Waals surface area contributed by atoms with Gasteiger partial charge in [0.2, 0.25) is 35.5 Å². The van der Waals surface area contributed by atoms with Crippen LogP contribution < -0.4 is 60.0 Å². The summed E-state index contributed by atoms with van der Waals surface area (Å²) >= 11 is 0. The van der Waals surface area contributed by atoms with Crippen LogP contribution >= 0.6 is 0 Å². The summed E-state index contributed by atoms with van der Waals surface area (Å²) in [6.45, 7) is 0.0347. The number of carboxylic acids is 4. The van der Waals surface area contributed by atoms with Crippen LogP contribution in [0.1, 0.15) is 61.0 Å². The van der Waals surface area contributed by atoms with Crippen molar-refractivity contribution < 1.29 is 68.4 Å². The zero-order valence-electron chi connectivity index (χ0n) is 35.0. The van der Waals surface area contributed by atoms with Gasteiger partial charge in [-0.2, -0.15) is 4.98 Å². The van der Waals surface area contributed by atoms with Crippen LogP contribution in [0.3, 0.4) is 0 Å². The van der Waals surface area contributed by atoms with Crippen LogP contribution in [-0.4, -0.2) is 142 Å². The number of fused-ring (bicyclic) bond motifs is 1. The van der Waals surface area contributed by atoms with Gasteiger partial charge < -0.3 is 74.8 Å². The molecule has 0 unspecified atom stereocenters. The van der Waals surface area contributed by atoms with Crippen molar-refractivity contribution in [1.82, 2.24) is 51.8 Å². The fourth-order valence-electron chi connectivity index (χ4n) is 5.81. The molecule has 0 aliphatic heterocycles. The maximum Gasteiger partial charge on any atom is 0.326 e. The minimum absolute atomic E-state index is 0.0127. The van der Waals surface area contributed by atoms with Crippen LogP contribution in [0.15, 0.2) is 35.3 Å². The Hall–Kier alpha value is -8.99. The molecule has 30 nitrogen and oxygen atoms in total. The van der Waals surface area contributed by atoms with Gasteiger partial charge in [0.15, 0.2) is 17.1 Å². The van der Waals surface area contributed by atoms with Gasteiger partial charge >= 0.3 is 23.9 Å². The third-order valence-electron chi connectivity index (χ3n) is 9.07. The van der Waals surface area contributed by atoms with Crippen LogP contribution in [0, 0.1) is 5.41 Å². The number of primary amides is 1. The quantitative estimate of drug-likeness (QED) is 0.0193. The molecule has 0 spiro atoms. The number of hydrogen-bond acceptors (Lipinski definition) is 17. The van der Waals surface area contributed by atoms with E-state index in [-0.39, 0.29) is 48.6 Å². The highest BCUT2D eigenvalue weighted by molar-refractivity contribution is 5.99. The zero-order valence-corrected chi connectivity index (χ0v) is 35.0. The largest absolute Gasteiger partial charge is 0.481 e. The van der Waals surface area contributed by atoms with Gasteiger partial charge in [-0.15, -0.1) is 0 Å². The monoisotopic (exact) mass is 941 g/mol. The summed E-state index contributed by atoms with van der Waals surface area (Å²) in [5.74, 6) is -14.1. The summed E-state index contributed by atoms with van der Waals surface area (Å²) in [6.07, 6.45) is -3.44. The number of aromatic amines is 1. The lowest BCUT2D eigenvalue weighted by atomic mass is 10.1. The Bertz CT molecular complexity index is 2450. The number of nitrogen functional groups attached to an aromatic ring is 1. The number of anilines is 2. The molecule has 0 fully saturated rings. The summed E-state index contributed by atoms with van der Waals surface area (Å²) in [4.78, 5) is 151. The Labute approximate surface area is 376 Å². The first-order valence-electron chi connectivity index (χ1n) is 19.6. The first-order chi connectivity index (χ1) is 31.5. The summed E-state index contributed by atoms with van der Waals surface area (Å²) in [5.41, 5.74) is 16.2. The van der Waals surface area contributed by atoms with Crippen molar-refractivity contribution >= 4 is 88.1 Å². The Kier molecular flexibility index (Phi) is 19.3. The molecule has 0 aliphatic carbocycles. The highest BCUT2D eigenvalue weighted by Gasteiger charge is 2.33. The normalized spacial score (nSPS) is 13.0. The number of hydrogen-bond donors (Lipinski definition) is 16. The number of benzene rings is 1. The molecule has 0 saturated carbocycles. The SMILES string of the molecule is N=C(N)NCCC[C@@H](NC(=O)[C@@H](CC(=O)O)NC(=O)CC[C@@H](NC(=O)c1ccc(NCc2cnc3nc(N)[nH]c(=O)c3n2)cc1)C(=O)O)C(=O)N[C@H](CC(=O)O)C(=O)N[C@H](CC(=O)O)C(N)=O. The predicted molar refractivity (Wildman–Crippen MR) is 227 cm³/mol. The van der Waals surface area contributed by atoms with E-state index in [0.29, 0.717) is 11.4 Å². The number of carbonyl (C=O) groups excluding carboxylic acids is 6. The van der Waals surface area contributed by atoms with Crippen molar-refractivity contribution in [2.24, 2.45) is 11.5 Å². The van der Waals surface area contributed by atoms with Crippen molar-refractivity contribution in [2.75, 3.05) is 17.6 Å². The van der Waals surface area contributed by atoms with E-state index in [1.54, 1.807) is 0 Å². The second kappa shape index (κ2) is 24.7. The van der Waals surface area contributed by atoms with E-state index < -0.39 is 133 Å². The van der Waals surface area contributed by atoms with Gasteiger partial charge in [0.05, 0.1) is 37.7 Å². The van der Waals surface area contributed by atoms with Crippen molar-refractivity contribution in [3.05, 3.63) is 52.1 Å². The Morgan fingerprint density at radius 2 is 1.25 bits per heavy atom. The highest BCUT2D eigenvalue weighted by Crippen LogP contribution is 2.13. The maximum atomic E-state index is 13.5. The van der Waals surface area contributed by atoms with Gasteiger partial charge in [0.1, 0.15) is 30.2 Å². The lowest BCUT2D eigenvalue weighted by molar-refractivity contribution is -0.143. The number of nitrogens with zero attached hydrogens (tertiary/aromatic N) is 3. The molecule has 2 aromatic heterocycles. The van der Waals surface area contributed by atoms with E-state index in [2.05, 4.69) is 51.8 Å². The highest BCUT2D eigenvalue weighted by atomic mass is 16.4. The molecule has 30 heteroatoms. The number of carbonyl (C=O) groups is 10. The number of carboxylic acid groups (broad SMARTS) is 4. The maximum absolute atomic E-state index is 13.5. The second-order valence-electron chi connectivity index (χ2n) is 14.3.